The first kappa shape index (κ1) is 31.5. The summed E-state index contributed by atoms with van der Waals surface area (Å²) in [4.78, 5) is 22.4. The van der Waals surface area contributed by atoms with E-state index in [1.165, 1.54) is 0 Å². The molecular formula is C40H28ClN7O3. The van der Waals surface area contributed by atoms with Crippen LogP contribution >= 0.6 is 11.6 Å². The smallest absolute Gasteiger partial charge is 0.197 e. The number of nitrogens with one attached hydrogen (secondary N) is 2. The lowest BCUT2D eigenvalue weighted by Crippen LogP contribution is -1.95. The van der Waals surface area contributed by atoms with Gasteiger partial charge in [-0.25, -0.2) is 9.97 Å². The first-order valence-electron chi connectivity index (χ1n) is 15.9. The molecule has 8 rings (SSSR count). The van der Waals surface area contributed by atoms with Gasteiger partial charge < -0.3 is 24.6 Å². The van der Waals surface area contributed by atoms with Gasteiger partial charge in [-0.15, -0.1) is 0 Å². The van der Waals surface area contributed by atoms with Gasteiger partial charge in [0.15, 0.2) is 28.5 Å². The normalized spacial score (nSPS) is 11.7. The van der Waals surface area contributed by atoms with Crippen molar-refractivity contribution in [1.29, 1.82) is 0 Å². The van der Waals surface area contributed by atoms with Gasteiger partial charge in [0.1, 0.15) is 17.1 Å². The predicted octanol–water partition coefficient (Wildman–Crippen LogP) is 10.7. The van der Waals surface area contributed by atoms with Crippen LogP contribution in [0.5, 0.6) is 5.75 Å². The third kappa shape index (κ3) is 5.94. The Bertz CT molecular complexity index is 2660. The summed E-state index contributed by atoms with van der Waals surface area (Å²) in [6, 6.07) is 22.2. The highest BCUT2D eigenvalue weighted by Crippen LogP contribution is 2.44. The Morgan fingerprint density at radius 1 is 0.843 bits per heavy atom. The van der Waals surface area contributed by atoms with E-state index in [0.29, 0.717) is 61.9 Å². The number of halogens is 1. The molecule has 8 aromatic rings. The Labute approximate surface area is 296 Å². The minimum Gasteiger partial charge on any atom is -0.507 e. The molecule has 0 amide bonds. The van der Waals surface area contributed by atoms with E-state index in [1.807, 2.05) is 73.7 Å². The number of hydrogen-bond acceptors (Lipinski definition) is 10. The molecule has 51 heavy (non-hydrogen) atoms. The SMILES string of the molecule is C=C(N=C/C=C\C)c1oc2cnccc2c1Nc1ccc(Cl)c(-c2nccc3c(Nc4ccc5c(O)cccc5c4)c(-c4ncccn4)oc23)c1. The Kier molecular flexibility index (Phi) is 8.19. The molecule has 0 radical (unpaired) electrons. The second-order valence-electron chi connectivity index (χ2n) is 11.5. The van der Waals surface area contributed by atoms with E-state index in [9.17, 15) is 5.11 Å². The number of hydrogen-bond donors (Lipinski definition) is 3. The number of anilines is 4. The van der Waals surface area contributed by atoms with Crippen molar-refractivity contribution < 1.29 is 13.9 Å². The standard InChI is InChI=1S/C40H28ClN7O3/c1-3-4-15-43-23(2)37-35(28-13-18-42-22-33(28)50-37)48-26-10-12-31(41)30(21-26)34-38-29(14-19-44-34)36(39(51-38)40-45-16-6-17-46-40)47-25-9-11-27-24(20-25)7-5-8-32(27)49/h3-22,47-49H,2H2,1H3/b4-3-,43-15?. The third-order valence-corrected chi connectivity index (χ3v) is 8.58. The van der Waals surface area contributed by atoms with Crippen molar-refractivity contribution in [2.75, 3.05) is 10.6 Å². The topological polar surface area (TPSA) is 134 Å². The van der Waals surface area contributed by atoms with Crippen molar-refractivity contribution in [2.24, 2.45) is 4.99 Å². The number of fused-ring (bicyclic) bond motifs is 3. The number of aromatic hydroxyl groups is 1. The molecule has 11 heteroatoms. The van der Waals surface area contributed by atoms with Gasteiger partial charge in [-0.2, -0.15) is 0 Å². The monoisotopic (exact) mass is 689 g/mol. The summed E-state index contributed by atoms with van der Waals surface area (Å²) in [5, 5.41) is 21.0. The summed E-state index contributed by atoms with van der Waals surface area (Å²) in [5.41, 5.74) is 5.53. The first-order chi connectivity index (χ1) is 25.0. The van der Waals surface area contributed by atoms with Gasteiger partial charge >= 0.3 is 0 Å². The highest BCUT2D eigenvalue weighted by atomic mass is 35.5. The lowest BCUT2D eigenvalue weighted by molar-refractivity contribution is 0.481. The van der Waals surface area contributed by atoms with Crippen LogP contribution < -0.4 is 10.6 Å². The number of pyridine rings is 2. The molecule has 0 aliphatic heterocycles. The summed E-state index contributed by atoms with van der Waals surface area (Å²) >= 11 is 6.89. The molecule has 0 bridgehead atoms. The number of aromatic nitrogens is 4. The van der Waals surface area contributed by atoms with Crippen LogP contribution in [-0.2, 0) is 0 Å². The Balaban J connectivity index is 1.23. The van der Waals surface area contributed by atoms with Crippen LogP contribution in [0.25, 0.3) is 61.3 Å². The fourth-order valence-electron chi connectivity index (χ4n) is 5.89. The van der Waals surface area contributed by atoms with Crippen LogP contribution in [0.4, 0.5) is 22.7 Å². The molecular weight excluding hydrogens is 662 g/mol. The molecule has 0 aliphatic carbocycles. The number of rotatable bonds is 9. The van der Waals surface area contributed by atoms with Gasteiger partial charge in [-0.3, -0.25) is 15.0 Å². The van der Waals surface area contributed by atoms with Crippen molar-refractivity contribution in [3.8, 4) is 28.6 Å². The van der Waals surface area contributed by atoms with Gasteiger partial charge in [0.25, 0.3) is 0 Å². The number of phenolic OH excluding ortho intramolecular Hbond substituents is 1. The van der Waals surface area contributed by atoms with Crippen LogP contribution in [0.3, 0.4) is 0 Å². The molecule has 0 spiro atoms. The number of allylic oxidation sites excluding steroid dienone is 2. The molecule has 0 fully saturated rings. The van der Waals surface area contributed by atoms with Crippen LogP contribution in [0.15, 0.2) is 136 Å². The molecule has 3 aromatic carbocycles. The zero-order valence-corrected chi connectivity index (χ0v) is 27.9. The van der Waals surface area contributed by atoms with Crippen LogP contribution in [-0.4, -0.2) is 31.3 Å². The quantitative estimate of drug-likeness (QED) is 0.126. The Morgan fingerprint density at radius 3 is 2.51 bits per heavy atom. The van der Waals surface area contributed by atoms with E-state index >= 15 is 0 Å². The van der Waals surface area contributed by atoms with Gasteiger partial charge in [-0.1, -0.05) is 36.4 Å². The van der Waals surface area contributed by atoms with E-state index in [1.54, 1.807) is 55.4 Å². The lowest BCUT2D eigenvalue weighted by Gasteiger charge is -2.11. The second-order valence-corrected chi connectivity index (χ2v) is 11.9. The molecule has 0 atom stereocenters. The van der Waals surface area contributed by atoms with Gasteiger partial charge in [0.2, 0.25) is 0 Å². The summed E-state index contributed by atoms with van der Waals surface area (Å²) in [6.45, 7) is 6.05. The maximum atomic E-state index is 10.3. The third-order valence-electron chi connectivity index (χ3n) is 8.26. The fourth-order valence-corrected chi connectivity index (χ4v) is 6.09. The van der Waals surface area contributed by atoms with Crippen LogP contribution in [0.2, 0.25) is 5.02 Å². The van der Waals surface area contributed by atoms with E-state index in [-0.39, 0.29) is 5.75 Å². The van der Waals surface area contributed by atoms with Gasteiger partial charge in [0.05, 0.1) is 22.6 Å². The van der Waals surface area contributed by atoms with E-state index in [2.05, 4.69) is 37.2 Å². The predicted molar refractivity (Wildman–Crippen MR) is 204 cm³/mol. The van der Waals surface area contributed by atoms with Crippen LogP contribution in [0, 0.1) is 0 Å². The molecule has 3 N–H and O–H groups in total. The minimum atomic E-state index is 0.215. The number of benzene rings is 3. The number of aliphatic imine (C=N–C) groups is 1. The maximum Gasteiger partial charge on any atom is 0.197 e. The van der Waals surface area contributed by atoms with Crippen LogP contribution in [0.1, 0.15) is 12.7 Å². The van der Waals surface area contributed by atoms with Crippen molar-refractivity contribution in [3.63, 3.8) is 0 Å². The largest absolute Gasteiger partial charge is 0.507 e. The molecule has 0 unspecified atom stereocenters. The highest BCUT2D eigenvalue weighted by Gasteiger charge is 2.24. The summed E-state index contributed by atoms with van der Waals surface area (Å²) in [6.07, 6.45) is 13.8. The van der Waals surface area contributed by atoms with E-state index in [0.717, 1.165) is 32.9 Å². The summed E-state index contributed by atoms with van der Waals surface area (Å²) < 4.78 is 12.7. The molecule has 248 valence electrons. The highest BCUT2D eigenvalue weighted by molar-refractivity contribution is 6.33. The van der Waals surface area contributed by atoms with Gasteiger partial charge in [0, 0.05) is 64.1 Å². The second kappa shape index (κ2) is 13.3. The van der Waals surface area contributed by atoms with Crippen molar-refractivity contribution >= 4 is 79.0 Å². The molecule has 5 aromatic heterocycles. The molecule has 5 heterocycles. The Hall–Kier alpha value is -6.78. The average molecular weight is 690 g/mol. The number of furan rings is 2. The van der Waals surface area contributed by atoms with E-state index < -0.39 is 0 Å². The number of nitrogens with zero attached hydrogens (tertiary/aromatic N) is 5. The van der Waals surface area contributed by atoms with Crippen molar-refractivity contribution in [2.45, 2.75) is 6.92 Å². The summed E-state index contributed by atoms with van der Waals surface area (Å²) in [5.74, 6) is 1.52. The Morgan fingerprint density at radius 2 is 1.65 bits per heavy atom. The molecule has 0 aliphatic rings. The molecule has 10 nitrogen and oxygen atoms in total. The van der Waals surface area contributed by atoms with E-state index in [4.69, 9.17) is 25.4 Å². The molecule has 0 saturated heterocycles. The average Bonchev–Trinajstić information content (AvgIpc) is 3.71. The van der Waals surface area contributed by atoms with Crippen molar-refractivity contribution in [3.05, 3.63) is 133 Å². The number of phenols is 1. The first-order valence-corrected chi connectivity index (χ1v) is 16.3. The zero-order valence-electron chi connectivity index (χ0n) is 27.1. The van der Waals surface area contributed by atoms with Gasteiger partial charge in [-0.05, 0) is 79.0 Å². The lowest BCUT2D eigenvalue weighted by atomic mass is 10.1. The van der Waals surface area contributed by atoms with Crippen molar-refractivity contribution in [1.82, 2.24) is 19.9 Å². The fraction of sp³-hybridized carbons (Fsp3) is 0.0250. The summed E-state index contributed by atoms with van der Waals surface area (Å²) in [7, 11) is 0. The maximum absolute atomic E-state index is 10.3. The minimum absolute atomic E-state index is 0.215. The zero-order chi connectivity index (χ0) is 34.9. The molecule has 0 saturated carbocycles.